The number of pyridine rings is 1. The maximum atomic E-state index is 12.0. The summed E-state index contributed by atoms with van der Waals surface area (Å²) in [6, 6.07) is 15.1. The van der Waals surface area contributed by atoms with Gasteiger partial charge in [-0.15, -0.1) is 11.3 Å². The summed E-state index contributed by atoms with van der Waals surface area (Å²) in [5.41, 5.74) is 0.846. The van der Waals surface area contributed by atoms with Crippen LogP contribution in [0.15, 0.2) is 53.9 Å². The Morgan fingerprint density at radius 1 is 1.00 bits per heavy atom. The van der Waals surface area contributed by atoms with Crippen LogP contribution in [0.1, 0.15) is 28.9 Å². The second-order valence-electron chi connectivity index (χ2n) is 5.19. The molecule has 0 aliphatic carbocycles. The number of fused-ring (bicyclic) bond motifs is 1. The van der Waals surface area contributed by atoms with Gasteiger partial charge in [0.05, 0.1) is 10.4 Å². The Morgan fingerprint density at radius 3 is 2.70 bits per heavy atom. The largest absolute Gasteiger partial charge is 0.311 e. The minimum atomic E-state index is -0.119. The van der Waals surface area contributed by atoms with E-state index >= 15 is 0 Å². The van der Waals surface area contributed by atoms with Crippen LogP contribution in [-0.2, 0) is 4.79 Å². The topological polar surface area (TPSA) is 59.1 Å². The van der Waals surface area contributed by atoms with Gasteiger partial charge < -0.3 is 5.32 Å². The van der Waals surface area contributed by atoms with E-state index in [4.69, 9.17) is 0 Å². The first-order valence-electron chi connectivity index (χ1n) is 7.45. The third-order valence-electron chi connectivity index (χ3n) is 3.47. The number of rotatable bonds is 6. The number of benzene rings is 1. The van der Waals surface area contributed by atoms with Gasteiger partial charge in [-0.1, -0.05) is 24.3 Å². The number of hydrogen-bond donors (Lipinski definition) is 1. The van der Waals surface area contributed by atoms with Crippen LogP contribution in [0, 0.1) is 0 Å². The summed E-state index contributed by atoms with van der Waals surface area (Å²) in [6.07, 6.45) is 1.24. The van der Waals surface area contributed by atoms with Crippen LogP contribution < -0.4 is 5.32 Å². The minimum absolute atomic E-state index is 0.0941. The second-order valence-corrected chi connectivity index (χ2v) is 6.14. The number of aromatic nitrogens is 1. The number of anilines is 1. The molecule has 2 aromatic heterocycles. The zero-order valence-corrected chi connectivity index (χ0v) is 13.3. The molecule has 0 aliphatic rings. The molecule has 0 unspecified atom stereocenters. The lowest BCUT2D eigenvalue weighted by atomic mass is 10.1. The fourth-order valence-corrected chi connectivity index (χ4v) is 3.01. The number of carbonyl (C=O) groups excluding carboxylic acids is 2. The van der Waals surface area contributed by atoms with Gasteiger partial charge in [-0.05, 0) is 36.1 Å². The van der Waals surface area contributed by atoms with Crippen molar-refractivity contribution in [2.45, 2.75) is 19.3 Å². The Bertz CT molecular complexity index is 828. The summed E-state index contributed by atoms with van der Waals surface area (Å²) >= 11 is 1.43. The van der Waals surface area contributed by atoms with E-state index in [1.165, 1.54) is 11.3 Å². The first-order chi connectivity index (χ1) is 11.2. The normalized spacial score (nSPS) is 10.6. The van der Waals surface area contributed by atoms with Crippen molar-refractivity contribution in [2.24, 2.45) is 0 Å². The summed E-state index contributed by atoms with van der Waals surface area (Å²) in [6.45, 7) is 0. The molecule has 1 aromatic carbocycles. The number of para-hydroxylation sites is 1. The van der Waals surface area contributed by atoms with Gasteiger partial charge in [-0.25, -0.2) is 4.98 Å². The number of carbonyl (C=O) groups is 2. The third-order valence-corrected chi connectivity index (χ3v) is 4.38. The summed E-state index contributed by atoms with van der Waals surface area (Å²) in [5, 5.41) is 5.70. The predicted molar refractivity (Wildman–Crippen MR) is 92.9 cm³/mol. The molecule has 0 spiro atoms. The van der Waals surface area contributed by atoms with Crippen LogP contribution in [0.5, 0.6) is 0 Å². The average Bonchev–Trinajstić information content (AvgIpc) is 3.09. The molecule has 2 heterocycles. The summed E-state index contributed by atoms with van der Waals surface area (Å²) in [7, 11) is 0. The second kappa shape index (κ2) is 7.15. The fourth-order valence-electron chi connectivity index (χ4n) is 2.31. The van der Waals surface area contributed by atoms with Crippen molar-refractivity contribution in [3.8, 4) is 0 Å². The smallest absolute Gasteiger partial charge is 0.225 e. The molecular formula is C18H16N2O2S. The van der Waals surface area contributed by atoms with E-state index in [0.717, 1.165) is 15.8 Å². The molecule has 0 radical (unpaired) electrons. The maximum Gasteiger partial charge on any atom is 0.225 e. The van der Waals surface area contributed by atoms with Crippen molar-refractivity contribution >= 4 is 39.7 Å². The monoisotopic (exact) mass is 324 g/mol. The maximum absolute atomic E-state index is 12.0. The zero-order chi connectivity index (χ0) is 16.1. The van der Waals surface area contributed by atoms with Gasteiger partial charge in [-0.2, -0.15) is 0 Å². The van der Waals surface area contributed by atoms with E-state index in [-0.39, 0.29) is 11.7 Å². The van der Waals surface area contributed by atoms with Gasteiger partial charge >= 0.3 is 0 Å². The molecule has 0 fully saturated rings. The molecule has 0 saturated carbocycles. The zero-order valence-electron chi connectivity index (χ0n) is 12.5. The first-order valence-corrected chi connectivity index (χ1v) is 8.33. The molecule has 23 heavy (non-hydrogen) atoms. The van der Waals surface area contributed by atoms with Crippen LogP contribution in [0.4, 0.5) is 5.82 Å². The Labute approximate surface area is 138 Å². The molecule has 0 bridgehead atoms. The van der Waals surface area contributed by atoms with Crippen molar-refractivity contribution < 1.29 is 9.59 Å². The third kappa shape index (κ3) is 4.02. The highest BCUT2D eigenvalue weighted by atomic mass is 32.1. The molecule has 5 heteroatoms. The Kier molecular flexibility index (Phi) is 4.78. The van der Waals surface area contributed by atoms with Crippen LogP contribution in [0.2, 0.25) is 0 Å². The van der Waals surface area contributed by atoms with Crippen molar-refractivity contribution in [1.29, 1.82) is 0 Å². The van der Waals surface area contributed by atoms with Gasteiger partial charge in [0, 0.05) is 18.2 Å². The SMILES string of the molecule is O=C(CCCC(=O)c1cccs1)Nc1ccc2ccccc2n1. The lowest BCUT2D eigenvalue weighted by molar-refractivity contribution is -0.116. The van der Waals surface area contributed by atoms with Crippen molar-refractivity contribution in [2.75, 3.05) is 5.32 Å². The lowest BCUT2D eigenvalue weighted by Gasteiger charge is -2.05. The van der Waals surface area contributed by atoms with E-state index < -0.39 is 0 Å². The van der Waals surface area contributed by atoms with Gasteiger partial charge in [0.2, 0.25) is 5.91 Å². The molecule has 3 rings (SSSR count). The van der Waals surface area contributed by atoms with Crippen LogP contribution in [-0.4, -0.2) is 16.7 Å². The molecule has 3 aromatic rings. The van der Waals surface area contributed by atoms with E-state index in [1.54, 1.807) is 6.07 Å². The van der Waals surface area contributed by atoms with Crippen molar-refractivity contribution in [1.82, 2.24) is 4.98 Å². The van der Waals surface area contributed by atoms with Crippen LogP contribution >= 0.6 is 11.3 Å². The van der Waals surface area contributed by atoms with Gasteiger partial charge in [0.15, 0.2) is 5.78 Å². The number of nitrogens with zero attached hydrogens (tertiary/aromatic N) is 1. The first kappa shape index (κ1) is 15.4. The minimum Gasteiger partial charge on any atom is -0.311 e. The molecule has 1 N–H and O–H groups in total. The lowest BCUT2D eigenvalue weighted by Crippen LogP contribution is -2.12. The van der Waals surface area contributed by atoms with Crippen molar-refractivity contribution in [3.05, 3.63) is 58.8 Å². The summed E-state index contributed by atoms with van der Waals surface area (Å²) in [4.78, 5) is 29.0. The number of thiophene rings is 1. The van der Waals surface area contributed by atoms with Crippen LogP contribution in [0.25, 0.3) is 10.9 Å². The Morgan fingerprint density at radius 2 is 1.87 bits per heavy atom. The quantitative estimate of drug-likeness (QED) is 0.688. The average molecular weight is 324 g/mol. The highest BCUT2D eigenvalue weighted by Crippen LogP contribution is 2.16. The molecule has 4 nitrogen and oxygen atoms in total. The van der Waals surface area contributed by atoms with Gasteiger partial charge in [0.1, 0.15) is 5.82 Å². The fraction of sp³-hybridized carbons (Fsp3) is 0.167. The number of hydrogen-bond acceptors (Lipinski definition) is 4. The number of nitrogens with one attached hydrogen (secondary N) is 1. The van der Waals surface area contributed by atoms with Gasteiger partial charge in [-0.3, -0.25) is 9.59 Å². The van der Waals surface area contributed by atoms with Gasteiger partial charge in [0.25, 0.3) is 0 Å². The molecule has 0 atom stereocenters. The van der Waals surface area contributed by atoms with Crippen molar-refractivity contribution in [3.63, 3.8) is 0 Å². The molecule has 1 amide bonds. The Hall–Kier alpha value is -2.53. The highest BCUT2D eigenvalue weighted by Gasteiger charge is 2.09. The molecule has 0 saturated heterocycles. The number of ketones is 1. The van der Waals surface area contributed by atoms with E-state index in [9.17, 15) is 9.59 Å². The Balaban J connectivity index is 1.51. The molecule has 0 aliphatic heterocycles. The summed E-state index contributed by atoms with van der Waals surface area (Å²) in [5.74, 6) is 0.515. The van der Waals surface area contributed by atoms with E-state index in [2.05, 4.69) is 10.3 Å². The van der Waals surface area contributed by atoms with E-state index in [1.807, 2.05) is 47.8 Å². The number of amides is 1. The van der Waals surface area contributed by atoms with E-state index in [0.29, 0.717) is 25.1 Å². The molecular weight excluding hydrogens is 308 g/mol. The highest BCUT2D eigenvalue weighted by molar-refractivity contribution is 7.12. The number of Topliss-reactive ketones (excluding diaryl/α,β-unsaturated/α-hetero) is 1. The summed E-state index contributed by atoms with van der Waals surface area (Å²) < 4.78 is 0. The predicted octanol–water partition coefficient (Wildman–Crippen LogP) is 4.29. The molecule has 116 valence electrons. The van der Waals surface area contributed by atoms with Crippen LogP contribution in [0.3, 0.4) is 0 Å². The standard InChI is InChI=1S/C18H16N2O2S/c21-15(16-8-4-12-23-16)7-3-9-18(22)20-17-11-10-13-5-1-2-6-14(13)19-17/h1-2,4-6,8,10-12H,3,7,9H2,(H,19,20,22).